The van der Waals surface area contributed by atoms with E-state index in [9.17, 15) is 4.79 Å². The number of hydrogen-bond acceptors (Lipinski definition) is 3. The Morgan fingerprint density at radius 1 is 1.41 bits per heavy atom. The molecule has 0 aromatic rings. The predicted octanol–water partition coefficient (Wildman–Crippen LogP) is 3.14. The van der Waals surface area contributed by atoms with Crippen LogP contribution in [0.2, 0.25) is 13.1 Å². The zero-order valence-electron chi connectivity index (χ0n) is 11.7. The van der Waals surface area contributed by atoms with Crippen LogP contribution in [0, 0.1) is 11.3 Å². The fraction of sp³-hybridized carbons (Fsp3) is 0.769. The van der Waals surface area contributed by atoms with Crippen molar-refractivity contribution >= 4 is 15.0 Å². The van der Waals surface area contributed by atoms with Gasteiger partial charge in [0.05, 0.1) is 0 Å². The Kier molecular flexibility index (Phi) is 4.41. The Hall–Kier alpha value is -0.773. The van der Waals surface area contributed by atoms with E-state index in [0.29, 0.717) is 5.92 Å². The molecule has 1 aliphatic rings. The molecule has 0 amide bonds. The summed E-state index contributed by atoms with van der Waals surface area (Å²) >= 11 is 0. The smallest absolute Gasteiger partial charge is 0.303 e. The monoisotopic (exact) mass is 255 g/mol. The van der Waals surface area contributed by atoms with Crippen LogP contribution in [-0.4, -0.2) is 21.1 Å². The quantitative estimate of drug-likeness (QED) is 0.574. The summed E-state index contributed by atoms with van der Waals surface area (Å²) in [5.74, 6) is 1.03. The highest BCUT2D eigenvalue weighted by molar-refractivity contribution is 6.48. The van der Waals surface area contributed by atoms with E-state index in [1.165, 1.54) is 6.92 Å². The van der Waals surface area contributed by atoms with Gasteiger partial charge in [0.1, 0.15) is 5.76 Å². The van der Waals surface area contributed by atoms with Crippen LogP contribution in [0.1, 0.15) is 34.1 Å². The first kappa shape index (κ1) is 14.3. The lowest BCUT2D eigenvalue weighted by atomic mass is 9.80. The zero-order chi connectivity index (χ0) is 13.2. The molecule has 0 fully saturated rings. The Labute approximate surface area is 106 Å². The second-order valence-corrected chi connectivity index (χ2v) is 7.91. The van der Waals surface area contributed by atoms with Crippen LogP contribution >= 0.6 is 0 Å². The summed E-state index contributed by atoms with van der Waals surface area (Å²) in [7, 11) is -0.813. The molecular weight excluding hydrogens is 232 g/mol. The van der Waals surface area contributed by atoms with Gasteiger partial charge in [0.25, 0.3) is 9.04 Å². The molecule has 0 saturated carbocycles. The molecular formula is C13H23O3Si. The van der Waals surface area contributed by atoms with E-state index in [-0.39, 0.29) is 17.5 Å². The SMILES string of the molecule is CC(=O)OC1CC(C(C)(C)C)C=C1O[Si](C)C. The molecule has 1 rings (SSSR count). The van der Waals surface area contributed by atoms with E-state index in [1.807, 2.05) is 0 Å². The minimum atomic E-state index is -0.813. The van der Waals surface area contributed by atoms with Gasteiger partial charge in [0, 0.05) is 6.92 Å². The molecule has 0 heterocycles. The van der Waals surface area contributed by atoms with Crippen molar-refractivity contribution in [2.75, 3.05) is 0 Å². The largest absolute Gasteiger partial charge is 0.543 e. The van der Waals surface area contributed by atoms with Gasteiger partial charge in [-0.3, -0.25) is 4.79 Å². The summed E-state index contributed by atoms with van der Waals surface area (Å²) in [6, 6.07) is 0. The molecule has 3 nitrogen and oxygen atoms in total. The average molecular weight is 255 g/mol. The summed E-state index contributed by atoms with van der Waals surface area (Å²) in [6.07, 6.45) is 2.80. The topological polar surface area (TPSA) is 35.5 Å². The lowest BCUT2D eigenvalue weighted by Crippen LogP contribution is -2.23. The van der Waals surface area contributed by atoms with E-state index >= 15 is 0 Å². The van der Waals surface area contributed by atoms with Gasteiger partial charge in [0.15, 0.2) is 6.10 Å². The van der Waals surface area contributed by atoms with Crippen molar-refractivity contribution in [2.45, 2.75) is 53.3 Å². The molecule has 17 heavy (non-hydrogen) atoms. The first-order valence-electron chi connectivity index (χ1n) is 6.07. The third-order valence-corrected chi connectivity index (χ3v) is 3.54. The van der Waals surface area contributed by atoms with Gasteiger partial charge in [-0.05, 0) is 36.9 Å². The highest BCUT2D eigenvalue weighted by Crippen LogP contribution is 2.39. The third-order valence-electron chi connectivity index (χ3n) is 2.89. The average Bonchev–Trinajstić information content (AvgIpc) is 2.45. The van der Waals surface area contributed by atoms with Gasteiger partial charge in [0.2, 0.25) is 0 Å². The molecule has 4 heteroatoms. The van der Waals surface area contributed by atoms with Crippen LogP contribution in [0.15, 0.2) is 11.8 Å². The highest BCUT2D eigenvalue weighted by Gasteiger charge is 2.36. The second kappa shape index (κ2) is 5.25. The van der Waals surface area contributed by atoms with Gasteiger partial charge >= 0.3 is 5.97 Å². The summed E-state index contributed by atoms with van der Waals surface area (Å²) in [4.78, 5) is 11.1. The van der Waals surface area contributed by atoms with Crippen molar-refractivity contribution in [3.63, 3.8) is 0 Å². The molecule has 0 bridgehead atoms. The zero-order valence-corrected chi connectivity index (χ0v) is 12.7. The van der Waals surface area contributed by atoms with Gasteiger partial charge in [-0.25, -0.2) is 0 Å². The van der Waals surface area contributed by atoms with Gasteiger partial charge in [-0.15, -0.1) is 0 Å². The van der Waals surface area contributed by atoms with E-state index in [4.69, 9.17) is 9.16 Å². The summed E-state index contributed by atoms with van der Waals surface area (Å²) in [6.45, 7) is 12.2. The predicted molar refractivity (Wildman–Crippen MR) is 69.8 cm³/mol. The molecule has 0 aromatic carbocycles. The first-order chi connectivity index (χ1) is 7.70. The van der Waals surface area contributed by atoms with Crippen LogP contribution in [0.4, 0.5) is 0 Å². The van der Waals surface area contributed by atoms with E-state index in [0.717, 1.165) is 12.2 Å². The van der Waals surface area contributed by atoms with Crippen molar-refractivity contribution < 1.29 is 14.0 Å². The molecule has 1 aliphatic carbocycles. The Morgan fingerprint density at radius 2 is 2.00 bits per heavy atom. The number of ether oxygens (including phenoxy) is 1. The van der Waals surface area contributed by atoms with Crippen molar-refractivity contribution in [3.8, 4) is 0 Å². The summed E-state index contributed by atoms with van der Waals surface area (Å²) in [5.41, 5.74) is 0.178. The number of esters is 1. The maximum absolute atomic E-state index is 11.1. The number of rotatable bonds is 3. The van der Waals surface area contributed by atoms with E-state index in [2.05, 4.69) is 39.9 Å². The van der Waals surface area contributed by atoms with Crippen molar-refractivity contribution in [1.29, 1.82) is 0 Å². The van der Waals surface area contributed by atoms with E-state index in [1.54, 1.807) is 0 Å². The van der Waals surface area contributed by atoms with Crippen LogP contribution in [0.25, 0.3) is 0 Å². The molecule has 0 N–H and O–H groups in total. The van der Waals surface area contributed by atoms with Gasteiger partial charge < -0.3 is 9.16 Å². The fourth-order valence-corrected chi connectivity index (χ4v) is 2.64. The maximum atomic E-state index is 11.1. The van der Waals surface area contributed by atoms with Crippen molar-refractivity contribution in [3.05, 3.63) is 11.8 Å². The normalized spacial score (nSPS) is 24.8. The first-order valence-corrected chi connectivity index (χ1v) is 8.48. The molecule has 1 radical (unpaired) electrons. The minimum Gasteiger partial charge on any atom is -0.543 e. The molecule has 0 saturated heterocycles. The number of carbonyl (C=O) groups excluding carboxylic acids is 1. The molecule has 97 valence electrons. The lowest BCUT2D eigenvalue weighted by molar-refractivity contribution is -0.146. The Balaban J connectivity index is 2.79. The van der Waals surface area contributed by atoms with Crippen LogP contribution < -0.4 is 0 Å². The Morgan fingerprint density at radius 3 is 2.41 bits per heavy atom. The number of hydrogen-bond donors (Lipinski definition) is 0. The number of allylic oxidation sites excluding steroid dienone is 1. The molecule has 2 atom stereocenters. The van der Waals surface area contributed by atoms with Crippen LogP contribution in [-0.2, 0) is 14.0 Å². The van der Waals surface area contributed by atoms with Crippen molar-refractivity contribution in [1.82, 2.24) is 0 Å². The molecule has 0 spiro atoms. The van der Waals surface area contributed by atoms with Crippen LogP contribution in [0.3, 0.4) is 0 Å². The minimum absolute atomic E-state index is 0.178. The second-order valence-electron chi connectivity index (χ2n) is 5.89. The van der Waals surface area contributed by atoms with E-state index < -0.39 is 9.04 Å². The standard InChI is InChI=1S/C13H23O3Si/c1-9(14)15-11-7-10(13(2,3)4)8-12(11)16-17(5)6/h8,10-11H,7H2,1-6H3. The highest BCUT2D eigenvalue weighted by atomic mass is 28.3. The van der Waals surface area contributed by atoms with Crippen molar-refractivity contribution in [2.24, 2.45) is 11.3 Å². The van der Waals surface area contributed by atoms with Gasteiger partial charge in [-0.1, -0.05) is 20.8 Å². The molecule has 0 aliphatic heterocycles. The van der Waals surface area contributed by atoms with Gasteiger partial charge in [-0.2, -0.15) is 0 Å². The lowest BCUT2D eigenvalue weighted by Gasteiger charge is -2.25. The third kappa shape index (κ3) is 4.19. The number of carbonyl (C=O) groups is 1. The Bertz CT molecular complexity index is 315. The van der Waals surface area contributed by atoms with Crippen LogP contribution in [0.5, 0.6) is 0 Å². The maximum Gasteiger partial charge on any atom is 0.303 e. The fourth-order valence-electron chi connectivity index (χ4n) is 1.97. The molecule has 2 unspecified atom stereocenters. The molecule has 0 aromatic heterocycles. The summed E-state index contributed by atoms with van der Waals surface area (Å²) in [5, 5.41) is 0. The summed E-state index contributed by atoms with van der Waals surface area (Å²) < 4.78 is 11.2.